The fourth-order valence-corrected chi connectivity index (χ4v) is 3.90. The number of fused-ring (bicyclic) bond motifs is 1. The van der Waals surface area contributed by atoms with E-state index in [1.807, 2.05) is 18.2 Å². The molecule has 1 aliphatic carbocycles. The van der Waals surface area contributed by atoms with Crippen LogP contribution < -0.4 is 20.7 Å². The normalized spacial score (nSPS) is 22.2. The molecule has 1 saturated carbocycles. The highest BCUT2D eigenvalue weighted by atomic mass is 16.5. The lowest BCUT2D eigenvalue weighted by Gasteiger charge is -2.27. The van der Waals surface area contributed by atoms with E-state index in [2.05, 4.69) is 25.2 Å². The first kappa shape index (κ1) is 19.1. The Bertz CT molecular complexity index is 995. The molecule has 30 heavy (non-hydrogen) atoms. The summed E-state index contributed by atoms with van der Waals surface area (Å²) < 4.78 is 17.5. The summed E-state index contributed by atoms with van der Waals surface area (Å²) in [6.45, 7) is 2.88. The lowest BCUT2D eigenvalue weighted by Crippen LogP contribution is -2.36. The maximum atomic E-state index is 6.28. The number of aromatic nitrogens is 3. The summed E-state index contributed by atoms with van der Waals surface area (Å²) in [4.78, 5) is 15.5. The smallest absolute Gasteiger partial charge is 0.299 e. The first-order valence-electron chi connectivity index (χ1n) is 10.5. The second-order valence-electron chi connectivity index (χ2n) is 7.77. The molecule has 2 aromatic heterocycles. The number of hydrogen-bond acceptors (Lipinski definition) is 9. The van der Waals surface area contributed by atoms with E-state index in [0.717, 1.165) is 55.4 Å². The van der Waals surface area contributed by atoms with Crippen molar-refractivity contribution < 1.29 is 13.9 Å². The van der Waals surface area contributed by atoms with Crippen molar-refractivity contribution >= 4 is 28.8 Å². The Balaban J connectivity index is 1.33. The third-order valence-electron chi connectivity index (χ3n) is 5.60. The second kappa shape index (κ2) is 8.45. The molecule has 3 N–H and O–H groups in total. The highest BCUT2D eigenvalue weighted by molar-refractivity contribution is 5.84. The monoisotopic (exact) mass is 410 g/mol. The van der Waals surface area contributed by atoms with Gasteiger partial charge >= 0.3 is 0 Å². The van der Waals surface area contributed by atoms with Gasteiger partial charge in [0.25, 0.3) is 6.01 Å². The molecule has 1 saturated heterocycles. The molecule has 3 heterocycles. The van der Waals surface area contributed by atoms with Crippen molar-refractivity contribution in [3.63, 3.8) is 0 Å². The fourth-order valence-electron chi connectivity index (χ4n) is 3.90. The number of nitrogens with zero attached hydrogens (tertiary/aromatic N) is 4. The quantitative estimate of drug-likeness (QED) is 0.656. The minimum Gasteiger partial charge on any atom is -0.488 e. The van der Waals surface area contributed by atoms with E-state index in [1.54, 1.807) is 12.4 Å². The number of benzene rings is 1. The molecule has 0 unspecified atom stereocenters. The SMILES string of the molecule is NC1CCC(Oc2cccc3cnc(Nc4cnc(N5CCOCC5)o4)nc23)CC1. The van der Waals surface area contributed by atoms with Crippen molar-refractivity contribution in [2.75, 3.05) is 36.5 Å². The van der Waals surface area contributed by atoms with Crippen molar-refractivity contribution in [2.24, 2.45) is 5.73 Å². The molecule has 0 atom stereocenters. The molecule has 1 aromatic carbocycles. The molecule has 0 spiro atoms. The van der Waals surface area contributed by atoms with Gasteiger partial charge in [0.2, 0.25) is 11.8 Å². The predicted molar refractivity (Wildman–Crippen MR) is 113 cm³/mol. The van der Waals surface area contributed by atoms with Crippen LogP contribution in [0.5, 0.6) is 5.75 Å². The van der Waals surface area contributed by atoms with E-state index in [-0.39, 0.29) is 6.10 Å². The van der Waals surface area contributed by atoms with E-state index < -0.39 is 0 Å². The number of nitrogens with one attached hydrogen (secondary N) is 1. The summed E-state index contributed by atoms with van der Waals surface area (Å²) in [5.41, 5.74) is 6.79. The van der Waals surface area contributed by atoms with Crippen molar-refractivity contribution in [1.82, 2.24) is 15.0 Å². The van der Waals surface area contributed by atoms with Crippen LogP contribution in [-0.4, -0.2) is 53.4 Å². The van der Waals surface area contributed by atoms with Crippen molar-refractivity contribution in [2.45, 2.75) is 37.8 Å². The maximum Gasteiger partial charge on any atom is 0.299 e. The van der Waals surface area contributed by atoms with Crippen molar-refractivity contribution in [3.05, 3.63) is 30.6 Å². The molecule has 0 radical (unpaired) electrons. The van der Waals surface area contributed by atoms with Crippen LogP contribution in [0.4, 0.5) is 17.8 Å². The minimum absolute atomic E-state index is 0.173. The number of morpholine rings is 1. The van der Waals surface area contributed by atoms with Crippen LogP contribution in [0.25, 0.3) is 10.9 Å². The number of anilines is 3. The van der Waals surface area contributed by atoms with Gasteiger partial charge in [-0.2, -0.15) is 4.98 Å². The Hall–Kier alpha value is -2.91. The van der Waals surface area contributed by atoms with Crippen molar-refractivity contribution in [1.29, 1.82) is 0 Å². The number of hydrogen-bond donors (Lipinski definition) is 2. The molecule has 9 heteroatoms. The molecule has 5 rings (SSSR count). The first-order valence-corrected chi connectivity index (χ1v) is 10.5. The van der Waals surface area contributed by atoms with E-state index in [9.17, 15) is 0 Å². The molecule has 0 amide bonds. The Morgan fingerprint density at radius 3 is 2.73 bits per heavy atom. The van der Waals surface area contributed by atoms with Crippen LogP contribution in [0.1, 0.15) is 25.7 Å². The van der Waals surface area contributed by atoms with E-state index >= 15 is 0 Å². The maximum absolute atomic E-state index is 6.28. The average Bonchev–Trinajstić information content (AvgIpc) is 3.25. The largest absolute Gasteiger partial charge is 0.488 e. The minimum atomic E-state index is 0.173. The highest BCUT2D eigenvalue weighted by Gasteiger charge is 2.21. The van der Waals surface area contributed by atoms with Crippen LogP contribution in [0, 0.1) is 0 Å². The molecular formula is C21H26N6O3. The lowest BCUT2D eigenvalue weighted by molar-refractivity contribution is 0.120. The number of para-hydroxylation sites is 1. The van der Waals surface area contributed by atoms with Crippen LogP contribution in [0.2, 0.25) is 0 Å². The zero-order valence-corrected chi connectivity index (χ0v) is 16.8. The molecule has 3 aromatic rings. The zero-order chi connectivity index (χ0) is 20.3. The number of ether oxygens (including phenoxy) is 2. The second-order valence-corrected chi connectivity index (χ2v) is 7.77. The van der Waals surface area contributed by atoms with Gasteiger partial charge in [0.1, 0.15) is 11.3 Å². The summed E-state index contributed by atoms with van der Waals surface area (Å²) >= 11 is 0. The Kier molecular flexibility index (Phi) is 5.37. The van der Waals surface area contributed by atoms with Gasteiger partial charge in [-0.05, 0) is 31.7 Å². The van der Waals surface area contributed by atoms with Crippen LogP contribution >= 0.6 is 0 Å². The fraction of sp³-hybridized carbons (Fsp3) is 0.476. The van der Waals surface area contributed by atoms with E-state index in [4.69, 9.17) is 19.6 Å². The third-order valence-corrected chi connectivity index (χ3v) is 5.60. The number of rotatable bonds is 5. The lowest BCUT2D eigenvalue weighted by atomic mass is 9.94. The topological polar surface area (TPSA) is 112 Å². The van der Waals surface area contributed by atoms with E-state index in [1.165, 1.54) is 0 Å². The molecule has 2 fully saturated rings. The summed E-state index contributed by atoms with van der Waals surface area (Å²) in [5.74, 6) is 1.70. The standard InChI is InChI=1S/C21H26N6O3/c22-15-4-6-16(7-5-15)29-17-3-1-2-14-12-23-20(26-19(14)17)25-18-13-24-21(30-18)27-8-10-28-11-9-27/h1-3,12-13,15-16H,4-11,22H2,(H,23,25,26). The van der Waals surface area contributed by atoms with Gasteiger partial charge in [-0.15, -0.1) is 0 Å². The Labute approximate surface area is 174 Å². The van der Waals surface area contributed by atoms with E-state index in [0.29, 0.717) is 37.1 Å². The third kappa shape index (κ3) is 4.17. The van der Waals surface area contributed by atoms with Gasteiger partial charge in [-0.1, -0.05) is 12.1 Å². The Morgan fingerprint density at radius 1 is 1.07 bits per heavy atom. The average molecular weight is 410 g/mol. The van der Waals surface area contributed by atoms with Gasteiger partial charge in [0, 0.05) is 30.7 Å². The number of nitrogens with two attached hydrogens (primary N) is 1. The van der Waals surface area contributed by atoms with Gasteiger partial charge < -0.3 is 24.5 Å². The van der Waals surface area contributed by atoms with Crippen LogP contribution in [0.15, 0.2) is 35.0 Å². The molecular weight excluding hydrogens is 384 g/mol. The Morgan fingerprint density at radius 2 is 1.90 bits per heavy atom. The summed E-state index contributed by atoms with van der Waals surface area (Å²) in [6, 6.07) is 6.76. The van der Waals surface area contributed by atoms with Gasteiger partial charge in [0.05, 0.1) is 25.5 Å². The first-order chi connectivity index (χ1) is 14.7. The molecule has 1 aliphatic heterocycles. The zero-order valence-electron chi connectivity index (χ0n) is 16.8. The summed E-state index contributed by atoms with van der Waals surface area (Å²) in [5, 5.41) is 4.04. The summed E-state index contributed by atoms with van der Waals surface area (Å²) in [7, 11) is 0. The van der Waals surface area contributed by atoms with Gasteiger partial charge in [0.15, 0.2) is 0 Å². The summed E-state index contributed by atoms with van der Waals surface area (Å²) in [6.07, 6.45) is 7.53. The molecule has 0 bridgehead atoms. The predicted octanol–water partition coefficient (Wildman–Crippen LogP) is 2.85. The molecule has 2 aliphatic rings. The van der Waals surface area contributed by atoms with Crippen molar-refractivity contribution in [3.8, 4) is 5.75 Å². The van der Waals surface area contributed by atoms with Crippen LogP contribution in [0.3, 0.4) is 0 Å². The van der Waals surface area contributed by atoms with Gasteiger partial charge in [-0.25, -0.2) is 9.97 Å². The highest BCUT2D eigenvalue weighted by Crippen LogP contribution is 2.29. The molecule has 158 valence electrons. The van der Waals surface area contributed by atoms with Crippen LogP contribution in [-0.2, 0) is 4.74 Å². The molecule has 9 nitrogen and oxygen atoms in total. The number of oxazole rings is 1. The van der Waals surface area contributed by atoms with Gasteiger partial charge in [-0.3, -0.25) is 5.32 Å².